The SMILES string of the molecule is Cl.Cl.O=S(OS(=O)(=O)O)OS(=O)(=O)O. The van der Waals surface area contributed by atoms with Crippen LogP contribution in [-0.2, 0) is 39.4 Å². The quantitative estimate of drug-likeness (QED) is 0.627. The minimum Gasteiger partial charge on any atom is -0.263 e. The largest absolute Gasteiger partial charge is 0.412 e. The smallest absolute Gasteiger partial charge is 0.263 e. The molecule has 0 bridgehead atoms. The number of hydrogen-bond donors (Lipinski definition) is 2. The monoisotopic (exact) mass is 314 g/mol. The van der Waals surface area contributed by atoms with Gasteiger partial charge < -0.3 is 0 Å². The van der Waals surface area contributed by atoms with Crippen molar-refractivity contribution in [3.63, 3.8) is 0 Å². The summed E-state index contributed by atoms with van der Waals surface area (Å²) in [6.07, 6.45) is 0. The van der Waals surface area contributed by atoms with Crippen LogP contribution in [0.3, 0.4) is 0 Å². The average molecular weight is 315 g/mol. The van der Waals surface area contributed by atoms with Gasteiger partial charge in [0.1, 0.15) is 0 Å². The second-order valence-corrected chi connectivity index (χ2v) is 4.40. The fraction of sp³-hybridized carbons (Fsp3) is 0. The summed E-state index contributed by atoms with van der Waals surface area (Å²) < 4.78 is 70.6. The van der Waals surface area contributed by atoms with Crippen LogP contribution in [0.5, 0.6) is 0 Å². The minimum atomic E-state index is -5.10. The van der Waals surface area contributed by atoms with Crippen molar-refractivity contribution < 1.29 is 37.4 Å². The molecule has 2 N–H and O–H groups in total. The molecule has 0 aliphatic carbocycles. The van der Waals surface area contributed by atoms with Gasteiger partial charge in [-0.1, -0.05) is 0 Å². The zero-order chi connectivity index (χ0) is 9.99. The third-order valence-electron chi connectivity index (χ3n) is 0.283. The molecule has 0 unspecified atom stereocenters. The first-order valence-electron chi connectivity index (χ1n) is 1.87. The van der Waals surface area contributed by atoms with Gasteiger partial charge in [-0.3, -0.25) is 9.11 Å². The van der Waals surface area contributed by atoms with Crippen LogP contribution in [0, 0.1) is 0 Å². The van der Waals surface area contributed by atoms with Crippen molar-refractivity contribution in [2.45, 2.75) is 0 Å². The second kappa shape index (κ2) is 6.86. The van der Waals surface area contributed by atoms with Crippen LogP contribution in [0.15, 0.2) is 0 Å². The van der Waals surface area contributed by atoms with Crippen molar-refractivity contribution in [2.24, 2.45) is 0 Å². The van der Waals surface area contributed by atoms with Gasteiger partial charge in [-0.05, 0) is 0 Å². The van der Waals surface area contributed by atoms with E-state index < -0.39 is 32.2 Å². The van der Waals surface area contributed by atoms with E-state index in [1.807, 2.05) is 0 Å². The Morgan fingerprint density at radius 3 is 1.21 bits per heavy atom. The first kappa shape index (κ1) is 20.0. The molecule has 0 saturated carbocycles. The summed E-state index contributed by atoms with van der Waals surface area (Å²) in [4.78, 5) is 0. The Morgan fingerprint density at radius 2 is 1.07 bits per heavy atom. The minimum absolute atomic E-state index is 0. The summed E-state index contributed by atoms with van der Waals surface area (Å²) in [6, 6.07) is 0. The summed E-state index contributed by atoms with van der Waals surface area (Å²) in [5.41, 5.74) is 0. The molecule has 0 aromatic heterocycles. The van der Waals surface area contributed by atoms with Crippen molar-refractivity contribution in [1.29, 1.82) is 0 Å². The van der Waals surface area contributed by atoms with Gasteiger partial charge >= 0.3 is 32.2 Å². The normalized spacial score (nSPS) is 11.6. The summed E-state index contributed by atoms with van der Waals surface area (Å²) in [6.45, 7) is 0. The molecule has 0 heterocycles. The molecule has 0 spiro atoms. The molecule has 0 amide bonds. The summed E-state index contributed by atoms with van der Waals surface area (Å²) in [7, 11) is -10.2. The van der Waals surface area contributed by atoms with E-state index in [9.17, 15) is 21.0 Å². The first-order chi connectivity index (χ1) is 5.10. The van der Waals surface area contributed by atoms with E-state index in [1.54, 1.807) is 0 Å². The molecule has 0 rings (SSSR count). The van der Waals surface area contributed by atoms with E-state index >= 15 is 0 Å². The highest BCUT2D eigenvalue weighted by Crippen LogP contribution is 1.98. The van der Waals surface area contributed by atoms with E-state index in [2.05, 4.69) is 7.26 Å². The van der Waals surface area contributed by atoms with Crippen molar-refractivity contribution in [1.82, 2.24) is 0 Å². The van der Waals surface area contributed by atoms with Crippen LogP contribution in [-0.4, -0.2) is 30.1 Å². The van der Waals surface area contributed by atoms with Crippen LogP contribution in [0.2, 0.25) is 0 Å². The van der Waals surface area contributed by atoms with Gasteiger partial charge in [0, 0.05) is 0 Å². The molecule has 0 aliphatic rings. The van der Waals surface area contributed by atoms with Crippen LogP contribution in [0.4, 0.5) is 0 Å². The van der Waals surface area contributed by atoms with E-state index in [-0.39, 0.29) is 24.8 Å². The molecule has 90 valence electrons. The molecule has 14 heteroatoms. The zero-order valence-electron chi connectivity index (χ0n) is 5.79. The molecule has 0 saturated heterocycles. The molecule has 0 aromatic rings. The predicted molar refractivity (Wildman–Crippen MR) is 47.9 cm³/mol. The third kappa shape index (κ3) is 15.0. The number of halogens is 2. The molecule has 0 aromatic carbocycles. The van der Waals surface area contributed by atoms with Gasteiger partial charge in [0.05, 0.1) is 0 Å². The maximum Gasteiger partial charge on any atom is 0.412 e. The van der Waals surface area contributed by atoms with Crippen molar-refractivity contribution in [3.8, 4) is 0 Å². The molecule has 0 atom stereocenters. The third-order valence-corrected chi connectivity index (χ3v) is 2.55. The lowest BCUT2D eigenvalue weighted by Gasteiger charge is -1.95. The Morgan fingerprint density at radius 1 is 0.857 bits per heavy atom. The molecular formula is H4Cl2O9S3. The van der Waals surface area contributed by atoms with Crippen LogP contribution in [0.1, 0.15) is 0 Å². The first-order valence-corrected chi connectivity index (χ1v) is 5.60. The Balaban J connectivity index is -0.000000605. The Kier molecular flexibility index (Phi) is 9.78. The summed E-state index contributed by atoms with van der Waals surface area (Å²) in [5.74, 6) is 0. The van der Waals surface area contributed by atoms with Gasteiger partial charge in [0.2, 0.25) is 0 Å². The Hall–Kier alpha value is 0.470. The van der Waals surface area contributed by atoms with E-state index in [4.69, 9.17) is 9.11 Å². The average Bonchev–Trinajstić information content (AvgIpc) is 1.49. The maximum atomic E-state index is 10.1. The van der Waals surface area contributed by atoms with Crippen molar-refractivity contribution in [3.05, 3.63) is 0 Å². The Labute approximate surface area is 94.4 Å². The molecule has 14 heavy (non-hydrogen) atoms. The van der Waals surface area contributed by atoms with Gasteiger partial charge in [0.15, 0.2) is 0 Å². The zero-order valence-corrected chi connectivity index (χ0v) is 9.88. The van der Waals surface area contributed by atoms with Gasteiger partial charge in [-0.15, -0.1) is 32.1 Å². The lowest BCUT2D eigenvalue weighted by Crippen LogP contribution is -2.13. The fourth-order valence-electron chi connectivity index (χ4n) is 0.152. The van der Waals surface area contributed by atoms with Crippen LogP contribution in [0.25, 0.3) is 0 Å². The van der Waals surface area contributed by atoms with Crippen LogP contribution >= 0.6 is 24.8 Å². The highest BCUT2D eigenvalue weighted by Gasteiger charge is 2.19. The number of hydrogen-bond acceptors (Lipinski definition) is 7. The second-order valence-electron chi connectivity index (χ2n) is 1.20. The summed E-state index contributed by atoms with van der Waals surface area (Å²) in [5, 5.41) is 0. The van der Waals surface area contributed by atoms with Crippen molar-refractivity contribution >= 4 is 57.0 Å². The predicted octanol–water partition coefficient (Wildman–Crippen LogP) is -0.952. The van der Waals surface area contributed by atoms with Gasteiger partial charge in [-0.25, -0.2) is 0 Å². The fourth-order valence-corrected chi connectivity index (χ4v) is 1.57. The van der Waals surface area contributed by atoms with Crippen LogP contribution < -0.4 is 0 Å². The van der Waals surface area contributed by atoms with Crippen molar-refractivity contribution in [2.75, 3.05) is 0 Å². The summed E-state index contributed by atoms with van der Waals surface area (Å²) >= 11 is -3.33. The maximum absolute atomic E-state index is 10.1. The van der Waals surface area contributed by atoms with E-state index in [1.165, 1.54) is 0 Å². The van der Waals surface area contributed by atoms with Gasteiger partial charge in [0.25, 0.3) is 0 Å². The van der Waals surface area contributed by atoms with E-state index in [0.29, 0.717) is 0 Å². The molecule has 0 aliphatic heterocycles. The molecule has 9 nitrogen and oxygen atoms in total. The highest BCUT2D eigenvalue weighted by atomic mass is 35.5. The topological polar surface area (TPSA) is 144 Å². The standard InChI is InChI=1S/2ClH.H2O9S3/c;;1-10(8-11(2,3)4)9-12(5,6)7/h2*1H;(H,2,3,4)(H,5,6,7). The molecule has 0 fully saturated rings. The molecule has 0 radical (unpaired) electrons. The van der Waals surface area contributed by atoms with E-state index in [0.717, 1.165) is 0 Å². The highest BCUT2D eigenvalue weighted by molar-refractivity contribution is 7.97. The van der Waals surface area contributed by atoms with Gasteiger partial charge in [-0.2, -0.15) is 21.0 Å². The lowest BCUT2D eigenvalue weighted by molar-refractivity contribution is 0.357. The Bertz CT molecular complexity index is 325. The lowest BCUT2D eigenvalue weighted by atomic mass is 15.7. The number of rotatable bonds is 4. The molecular weight excluding hydrogens is 311 g/mol.